The summed E-state index contributed by atoms with van der Waals surface area (Å²) in [6, 6.07) is 5.91. The highest BCUT2D eigenvalue weighted by atomic mass is 32.2. The van der Waals surface area contributed by atoms with E-state index < -0.39 is 10.0 Å². The van der Waals surface area contributed by atoms with Crippen molar-refractivity contribution >= 4 is 22.3 Å². The van der Waals surface area contributed by atoms with Crippen LogP contribution in [0.5, 0.6) is 0 Å². The van der Waals surface area contributed by atoms with Crippen LogP contribution in [0.4, 0.5) is 0 Å². The summed E-state index contributed by atoms with van der Waals surface area (Å²) in [6.07, 6.45) is 0.728. The first-order chi connectivity index (χ1) is 10.8. The van der Waals surface area contributed by atoms with Crippen LogP contribution in [-0.4, -0.2) is 62.2 Å². The van der Waals surface area contributed by atoms with E-state index in [1.807, 2.05) is 13.8 Å². The Labute approximate surface area is 136 Å². The van der Waals surface area contributed by atoms with Gasteiger partial charge in [-0.2, -0.15) is 4.31 Å². The van der Waals surface area contributed by atoms with E-state index in [4.69, 9.17) is 0 Å². The van der Waals surface area contributed by atoms with E-state index in [-0.39, 0.29) is 29.9 Å². The molecule has 0 aromatic heterocycles. The standard InChI is InChI=1S/C15H21N3O4S/c1-12(2)16-15(20)13-3-5-14(6-4-13)23(21,22)18-9-7-17(11-19)8-10-18/h3-6,11-12H,7-10H2,1-2H3,(H,16,20). The molecule has 0 bridgehead atoms. The fraction of sp³-hybridized carbons (Fsp3) is 0.467. The zero-order valence-corrected chi connectivity index (χ0v) is 14.0. The van der Waals surface area contributed by atoms with Crippen LogP contribution < -0.4 is 5.32 Å². The zero-order chi connectivity index (χ0) is 17.0. The number of hydrogen-bond acceptors (Lipinski definition) is 4. The predicted octanol–water partition coefficient (Wildman–Crippen LogP) is 0.288. The molecule has 0 spiro atoms. The summed E-state index contributed by atoms with van der Waals surface area (Å²) >= 11 is 0. The molecular weight excluding hydrogens is 318 g/mol. The molecule has 7 nitrogen and oxygen atoms in total. The van der Waals surface area contributed by atoms with Crippen LogP contribution >= 0.6 is 0 Å². The summed E-state index contributed by atoms with van der Waals surface area (Å²) in [5.74, 6) is -0.233. The SMILES string of the molecule is CC(C)NC(=O)c1ccc(S(=O)(=O)N2CCN(C=O)CC2)cc1. The molecule has 2 rings (SSSR count). The fourth-order valence-electron chi connectivity index (χ4n) is 2.32. The molecule has 0 saturated carbocycles. The van der Waals surface area contributed by atoms with E-state index in [0.29, 0.717) is 18.7 Å². The van der Waals surface area contributed by atoms with Crippen molar-refractivity contribution in [2.45, 2.75) is 24.8 Å². The molecule has 1 aromatic rings. The molecule has 2 amide bonds. The van der Waals surface area contributed by atoms with Crippen molar-refractivity contribution in [2.75, 3.05) is 26.2 Å². The van der Waals surface area contributed by atoms with E-state index in [1.165, 1.54) is 28.6 Å². The third-order valence-electron chi connectivity index (χ3n) is 3.60. The minimum Gasteiger partial charge on any atom is -0.350 e. The van der Waals surface area contributed by atoms with Gasteiger partial charge in [-0.3, -0.25) is 9.59 Å². The fourth-order valence-corrected chi connectivity index (χ4v) is 3.74. The Balaban J connectivity index is 2.12. The number of nitrogens with zero attached hydrogens (tertiary/aromatic N) is 2. The van der Waals surface area contributed by atoms with Crippen LogP contribution in [-0.2, 0) is 14.8 Å². The lowest BCUT2D eigenvalue weighted by atomic mass is 10.2. The van der Waals surface area contributed by atoms with Crippen LogP contribution in [0.3, 0.4) is 0 Å². The van der Waals surface area contributed by atoms with Crippen molar-refractivity contribution in [2.24, 2.45) is 0 Å². The highest BCUT2D eigenvalue weighted by Crippen LogP contribution is 2.18. The van der Waals surface area contributed by atoms with Crippen molar-refractivity contribution < 1.29 is 18.0 Å². The second-order valence-corrected chi connectivity index (χ2v) is 7.64. The molecule has 1 aliphatic heterocycles. The number of nitrogens with one attached hydrogen (secondary N) is 1. The Morgan fingerprint density at radius 1 is 1.13 bits per heavy atom. The van der Waals surface area contributed by atoms with Crippen LogP contribution in [0.1, 0.15) is 24.2 Å². The van der Waals surface area contributed by atoms with Crippen molar-refractivity contribution in [1.29, 1.82) is 0 Å². The molecule has 0 unspecified atom stereocenters. The number of rotatable bonds is 5. The Morgan fingerprint density at radius 2 is 1.70 bits per heavy atom. The molecule has 0 atom stereocenters. The molecule has 1 aliphatic rings. The number of benzene rings is 1. The monoisotopic (exact) mass is 339 g/mol. The van der Waals surface area contributed by atoms with Gasteiger partial charge in [-0.25, -0.2) is 8.42 Å². The third-order valence-corrected chi connectivity index (χ3v) is 5.51. The van der Waals surface area contributed by atoms with Gasteiger partial charge in [-0.15, -0.1) is 0 Å². The van der Waals surface area contributed by atoms with E-state index in [9.17, 15) is 18.0 Å². The van der Waals surface area contributed by atoms with Gasteiger partial charge in [0.15, 0.2) is 0 Å². The van der Waals surface area contributed by atoms with E-state index in [1.54, 1.807) is 4.90 Å². The number of hydrogen-bond donors (Lipinski definition) is 1. The maximum absolute atomic E-state index is 12.6. The van der Waals surface area contributed by atoms with E-state index in [0.717, 1.165) is 6.41 Å². The van der Waals surface area contributed by atoms with Crippen LogP contribution in [0, 0.1) is 0 Å². The first-order valence-electron chi connectivity index (χ1n) is 7.45. The number of carbonyl (C=O) groups excluding carboxylic acids is 2. The maximum Gasteiger partial charge on any atom is 0.251 e. The quantitative estimate of drug-likeness (QED) is 0.781. The van der Waals surface area contributed by atoms with Gasteiger partial charge in [0.2, 0.25) is 16.4 Å². The summed E-state index contributed by atoms with van der Waals surface area (Å²) in [5.41, 5.74) is 0.420. The van der Waals surface area contributed by atoms with Crippen molar-refractivity contribution in [3.8, 4) is 0 Å². The Morgan fingerprint density at radius 3 is 2.17 bits per heavy atom. The van der Waals surface area contributed by atoms with Gasteiger partial charge in [0.25, 0.3) is 5.91 Å². The molecule has 1 saturated heterocycles. The molecular formula is C15H21N3O4S. The summed E-state index contributed by atoms with van der Waals surface area (Å²) in [6.45, 7) is 5.04. The number of sulfonamides is 1. The molecule has 0 aliphatic carbocycles. The van der Waals surface area contributed by atoms with Crippen molar-refractivity contribution in [1.82, 2.24) is 14.5 Å². The third kappa shape index (κ3) is 4.08. The average molecular weight is 339 g/mol. The van der Waals surface area contributed by atoms with Crippen LogP contribution in [0.2, 0.25) is 0 Å². The highest BCUT2D eigenvalue weighted by Gasteiger charge is 2.28. The predicted molar refractivity (Wildman–Crippen MR) is 85.4 cm³/mol. The van der Waals surface area contributed by atoms with Gasteiger partial charge in [-0.05, 0) is 38.1 Å². The number of carbonyl (C=O) groups is 2. The van der Waals surface area contributed by atoms with Crippen molar-refractivity contribution in [3.05, 3.63) is 29.8 Å². The van der Waals surface area contributed by atoms with E-state index >= 15 is 0 Å². The highest BCUT2D eigenvalue weighted by molar-refractivity contribution is 7.89. The average Bonchev–Trinajstić information content (AvgIpc) is 2.54. The normalized spacial score (nSPS) is 16.4. The van der Waals surface area contributed by atoms with Gasteiger partial charge in [-0.1, -0.05) is 0 Å². The summed E-state index contributed by atoms with van der Waals surface area (Å²) < 4.78 is 26.5. The summed E-state index contributed by atoms with van der Waals surface area (Å²) in [5, 5.41) is 2.75. The van der Waals surface area contributed by atoms with Crippen LogP contribution in [0.25, 0.3) is 0 Å². The van der Waals surface area contributed by atoms with Gasteiger partial charge in [0.1, 0.15) is 0 Å². The molecule has 0 radical (unpaired) electrons. The topological polar surface area (TPSA) is 86.8 Å². The maximum atomic E-state index is 12.6. The summed E-state index contributed by atoms with van der Waals surface area (Å²) in [7, 11) is -3.60. The largest absolute Gasteiger partial charge is 0.350 e. The minimum atomic E-state index is -3.60. The van der Waals surface area contributed by atoms with E-state index in [2.05, 4.69) is 5.32 Å². The molecule has 1 fully saturated rings. The van der Waals surface area contributed by atoms with Crippen molar-refractivity contribution in [3.63, 3.8) is 0 Å². The first kappa shape index (κ1) is 17.4. The Hall–Kier alpha value is -1.93. The smallest absolute Gasteiger partial charge is 0.251 e. The van der Waals surface area contributed by atoms with Gasteiger partial charge < -0.3 is 10.2 Å². The lowest BCUT2D eigenvalue weighted by molar-refractivity contribution is -0.119. The van der Waals surface area contributed by atoms with Crippen LogP contribution in [0.15, 0.2) is 29.2 Å². The van der Waals surface area contributed by atoms with Gasteiger partial charge >= 0.3 is 0 Å². The molecule has 126 valence electrons. The summed E-state index contributed by atoms with van der Waals surface area (Å²) in [4.78, 5) is 24.3. The lowest BCUT2D eigenvalue weighted by Gasteiger charge is -2.31. The van der Waals surface area contributed by atoms with Gasteiger partial charge in [0.05, 0.1) is 4.90 Å². The first-order valence-corrected chi connectivity index (χ1v) is 8.89. The molecule has 8 heteroatoms. The Bertz CT molecular complexity index is 662. The van der Waals surface area contributed by atoms with Gasteiger partial charge in [0, 0.05) is 37.8 Å². The molecule has 23 heavy (non-hydrogen) atoms. The molecule has 1 N–H and O–H groups in total. The molecule has 1 aromatic carbocycles. The number of amides is 2. The second-order valence-electron chi connectivity index (χ2n) is 5.70. The zero-order valence-electron chi connectivity index (χ0n) is 13.2. The second kappa shape index (κ2) is 7.10. The molecule has 1 heterocycles. The lowest BCUT2D eigenvalue weighted by Crippen LogP contribution is -2.47. The minimum absolute atomic E-state index is 0.0139. The number of piperazine rings is 1. The Kier molecular flexibility index (Phi) is 5.38.